The maximum Gasteiger partial charge on any atom is 0.433 e. The highest BCUT2D eigenvalue weighted by Gasteiger charge is 2.33. The highest BCUT2D eigenvalue weighted by Crippen LogP contribution is 2.29. The van der Waals surface area contributed by atoms with Gasteiger partial charge in [0.05, 0.1) is 5.56 Å². The average Bonchev–Trinajstić information content (AvgIpc) is 2.37. The van der Waals surface area contributed by atoms with E-state index in [0.717, 1.165) is 37.8 Å². The lowest BCUT2D eigenvalue weighted by Crippen LogP contribution is -2.38. The van der Waals surface area contributed by atoms with E-state index in [1.165, 1.54) is 0 Å². The fourth-order valence-electron chi connectivity index (χ4n) is 2.59. The molecule has 2 rings (SSSR count). The molecule has 1 aromatic rings. The Morgan fingerprint density at radius 2 is 2.10 bits per heavy atom. The Morgan fingerprint density at radius 3 is 2.67 bits per heavy atom. The molecule has 1 saturated carbocycles. The molecule has 7 heteroatoms. The van der Waals surface area contributed by atoms with Gasteiger partial charge in [0.1, 0.15) is 10.8 Å². The van der Waals surface area contributed by atoms with Gasteiger partial charge in [-0.25, -0.2) is 4.98 Å². The monoisotopic (exact) mass is 320 g/mol. The summed E-state index contributed by atoms with van der Waals surface area (Å²) in [6.45, 7) is 2.12. The van der Waals surface area contributed by atoms with Crippen LogP contribution in [0.15, 0.2) is 12.1 Å². The fraction of sp³-hybridized carbons (Fsp3) is 0.571. The Bertz CT molecular complexity index is 533. The highest BCUT2D eigenvalue weighted by molar-refractivity contribution is 6.32. The van der Waals surface area contributed by atoms with Gasteiger partial charge >= 0.3 is 6.18 Å². The summed E-state index contributed by atoms with van der Waals surface area (Å²) in [6.07, 6.45) is -0.656. The maximum absolute atomic E-state index is 12.5. The van der Waals surface area contributed by atoms with Crippen LogP contribution in [-0.2, 0) is 6.18 Å². The van der Waals surface area contributed by atoms with Gasteiger partial charge in [-0.15, -0.1) is 0 Å². The number of nitrogens with zero attached hydrogens (tertiary/aromatic N) is 1. The third kappa shape index (κ3) is 4.09. The molecule has 0 bridgehead atoms. The number of amides is 1. The van der Waals surface area contributed by atoms with E-state index < -0.39 is 22.9 Å². The average molecular weight is 321 g/mol. The number of nitrogens with one attached hydrogen (secondary N) is 1. The number of alkyl halides is 3. The number of hydrogen-bond donors (Lipinski definition) is 1. The van der Waals surface area contributed by atoms with Crippen molar-refractivity contribution >= 4 is 17.5 Å². The zero-order chi connectivity index (χ0) is 15.6. The van der Waals surface area contributed by atoms with Crippen LogP contribution in [-0.4, -0.2) is 16.9 Å². The highest BCUT2D eigenvalue weighted by atomic mass is 35.5. The third-order valence-corrected chi connectivity index (χ3v) is 3.94. The number of aromatic nitrogens is 1. The Hall–Kier alpha value is -1.30. The van der Waals surface area contributed by atoms with Crippen molar-refractivity contribution in [2.45, 2.75) is 44.8 Å². The van der Waals surface area contributed by atoms with Gasteiger partial charge in [0.25, 0.3) is 5.91 Å². The van der Waals surface area contributed by atoms with Gasteiger partial charge in [-0.3, -0.25) is 4.79 Å². The van der Waals surface area contributed by atoms with E-state index in [1.54, 1.807) is 0 Å². The normalized spacial score (nSPS) is 22.9. The molecule has 0 aliphatic heterocycles. The molecule has 0 saturated heterocycles. The van der Waals surface area contributed by atoms with Crippen LogP contribution >= 0.6 is 11.6 Å². The minimum Gasteiger partial charge on any atom is -0.349 e. The van der Waals surface area contributed by atoms with Crippen LogP contribution in [0, 0.1) is 5.92 Å². The molecule has 1 N–H and O–H groups in total. The topological polar surface area (TPSA) is 42.0 Å². The van der Waals surface area contributed by atoms with Crippen molar-refractivity contribution in [1.82, 2.24) is 10.3 Å². The molecule has 0 aromatic carbocycles. The second kappa shape index (κ2) is 6.22. The van der Waals surface area contributed by atoms with Gasteiger partial charge in [0.2, 0.25) is 0 Å². The number of hydrogen-bond acceptors (Lipinski definition) is 2. The largest absolute Gasteiger partial charge is 0.433 e. The van der Waals surface area contributed by atoms with Gasteiger partial charge < -0.3 is 5.32 Å². The number of carbonyl (C=O) groups is 1. The van der Waals surface area contributed by atoms with E-state index in [9.17, 15) is 18.0 Å². The molecular formula is C14H16ClF3N2O. The Morgan fingerprint density at radius 1 is 1.38 bits per heavy atom. The van der Waals surface area contributed by atoms with E-state index in [2.05, 4.69) is 17.2 Å². The molecule has 1 amide bonds. The second-order valence-corrected chi connectivity index (χ2v) is 5.83. The lowest BCUT2D eigenvalue weighted by molar-refractivity contribution is -0.141. The SMILES string of the molecule is C[C@@H]1CCC[C@H](NC(=O)c2ccc(C(F)(F)F)nc2Cl)C1. The molecule has 1 aliphatic rings. The summed E-state index contributed by atoms with van der Waals surface area (Å²) < 4.78 is 37.5. The Labute approximate surface area is 125 Å². The summed E-state index contributed by atoms with van der Waals surface area (Å²) in [5.74, 6) is 0.0607. The standard InChI is InChI=1S/C14H16ClF3N2O/c1-8-3-2-4-9(7-8)19-13(21)10-5-6-11(14(16,17)18)20-12(10)15/h5-6,8-9H,2-4,7H2,1H3,(H,19,21)/t8-,9+/m1/s1. The third-order valence-electron chi connectivity index (χ3n) is 3.66. The van der Waals surface area contributed by atoms with Crippen molar-refractivity contribution in [3.8, 4) is 0 Å². The van der Waals surface area contributed by atoms with Crippen LogP contribution in [0.5, 0.6) is 0 Å². The summed E-state index contributed by atoms with van der Waals surface area (Å²) in [7, 11) is 0. The first-order valence-corrected chi connectivity index (χ1v) is 7.19. The van der Waals surface area contributed by atoms with Crippen molar-refractivity contribution in [1.29, 1.82) is 0 Å². The number of pyridine rings is 1. The summed E-state index contributed by atoms with van der Waals surface area (Å²) in [4.78, 5) is 15.3. The summed E-state index contributed by atoms with van der Waals surface area (Å²) in [6, 6.07) is 1.88. The van der Waals surface area contributed by atoms with Crippen molar-refractivity contribution < 1.29 is 18.0 Å². The molecular weight excluding hydrogens is 305 g/mol. The van der Waals surface area contributed by atoms with E-state index in [0.29, 0.717) is 5.92 Å². The predicted molar refractivity (Wildman–Crippen MR) is 73.1 cm³/mol. The van der Waals surface area contributed by atoms with Crippen LogP contribution in [0.2, 0.25) is 5.15 Å². The van der Waals surface area contributed by atoms with Crippen LogP contribution in [0.1, 0.15) is 48.7 Å². The molecule has 21 heavy (non-hydrogen) atoms. The zero-order valence-electron chi connectivity index (χ0n) is 11.5. The van der Waals surface area contributed by atoms with E-state index >= 15 is 0 Å². The first kappa shape index (κ1) is 16.1. The molecule has 1 aliphatic carbocycles. The number of carbonyl (C=O) groups excluding carboxylic acids is 1. The van der Waals surface area contributed by atoms with Crippen molar-refractivity contribution in [3.05, 3.63) is 28.5 Å². The first-order chi connectivity index (χ1) is 9.77. The molecule has 1 fully saturated rings. The second-order valence-electron chi connectivity index (χ2n) is 5.47. The van der Waals surface area contributed by atoms with E-state index in [4.69, 9.17) is 11.6 Å². The zero-order valence-corrected chi connectivity index (χ0v) is 12.3. The van der Waals surface area contributed by atoms with Crippen LogP contribution < -0.4 is 5.32 Å². The van der Waals surface area contributed by atoms with Crippen LogP contribution in [0.25, 0.3) is 0 Å². The maximum atomic E-state index is 12.5. The van der Waals surface area contributed by atoms with Crippen LogP contribution in [0.3, 0.4) is 0 Å². The van der Waals surface area contributed by atoms with Crippen LogP contribution in [0.4, 0.5) is 13.2 Å². The predicted octanol–water partition coefficient (Wildman–Crippen LogP) is 4.06. The molecule has 2 atom stereocenters. The summed E-state index contributed by atoms with van der Waals surface area (Å²) in [5, 5.41) is 2.40. The summed E-state index contributed by atoms with van der Waals surface area (Å²) in [5.41, 5.74) is -1.13. The Balaban J connectivity index is 2.09. The van der Waals surface area contributed by atoms with E-state index in [-0.39, 0.29) is 11.6 Å². The lowest BCUT2D eigenvalue weighted by Gasteiger charge is -2.27. The van der Waals surface area contributed by atoms with Gasteiger partial charge in [0, 0.05) is 6.04 Å². The number of halogens is 4. The minimum atomic E-state index is -4.57. The molecule has 0 radical (unpaired) electrons. The summed E-state index contributed by atoms with van der Waals surface area (Å²) >= 11 is 5.70. The fourth-order valence-corrected chi connectivity index (χ4v) is 2.83. The molecule has 3 nitrogen and oxygen atoms in total. The lowest BCUT2D eigenvalue weighted by atomic mass is 9.87. The van der Waals surface area contributed by atoms with Crippen molar-refractivity contribution in [2.75, 3.05) is 0 Å². The quantitative estimate of drug-likeness (QED) is 0.835. The van der Waals surface area contributed by atoms with Gasteiger partial charge in [0.15, 0.2) is 0 Å². The molecule has 0 unspecified atom stereocenters. The molecule has 1 aromatic heterocycles. The van der Waals surface area contributed by atoms with E-state index in [1.807, 2.05) is 0 Å². The van der Waals surface area contributed by atoms with Gasteiger partial charge in [-0.05, 0) is 30.9 Å². The van der Waals surface area contributed by atoms with Gasteiger partial charge in [-0.2, -0.15) is 13.2 Å². The first-order valence-electron chi connectivity index (χ1n) is 6.82. The van der Waals surface area contributed by atoms with Crippen molar-refractivity contribution in [3.63, 3.8) is 0 Å². The van der Waals surface area contributed by atoms with Crippen molar-refractivity contribution in [2.24, 2.45) is 5.92 Å². The minimum absolute atomic E-state index is 0.0251. The molecule has 1 heterocycles. The smallest absolute Gasteiger partial charge is 0.349 e. The molecule has 0 spiro atoms. The van der Waals surface area contributed by atoms with Gasteiger partial charge in [-0.1, -0.05) is 31.4 Å². The number of rotatable bonds is 2. The molecule has 116 valence electrons. The Kier molecular flexibility index (Phi) is 4.76.